The fraction of sp³-hybridized carbons (Fsp3) is 0.550. The maximum Gasteiger partial charge on any atom is 0.233 e. The number of carbonyl (C=O) groups is 1. The van der Waals surface area contributed by atoms with Crippen LogP contribution >= 0.6 is 11.8 Å². The summed E-state index contributed by atoms with van der Waals surface area (Å²) in [6.07, 6.45) is 3.70. The number of aryl methyl sites for hydroxylation is 1. The molecule has 144 valence electrons. The summed E-state index contributed by atoms with van der Waals surface area (Å²) in [4.78, 5) is 17.0. The molecule has 1 aromatic heterocycles. The third-order valence-electron chi connectivity index (χ3n) is 5.66. The number of rotatable bonds is 5. The zero-order chi connectivity index (χ0) is 18.8. The van der Waals surface area contributed by atoms with Crippen LogP contribution in [0, 0.1) is 6.92 Å². The maximum absolute atomic E-state index is 12.6. The van der Waals surface area contributed by atoms with Crippen LogP contribution in [-0.4, -0.2) is 57.5 Å². The van der Waals surface area contributed by atoms with Gasteiger partial charge in [-0.3, -0.25) is 4.79 Å². The van der Waals surface area contributed by atoms with Crippen LogP contribution in [0.4, 0.5) is 5.69 Å². The number of thioether (sulfide) groups is 1. The average molecular weight is 386 g/mol. The Hall–Kier alpha value is -2.02. The van der Waals surface area contributed by atoms with Gasteiger partial charge in [-0.15, -0.1) is 10.2 Å². The number of piperazine rings is 1. The fourth-order valence-electron chi connectivity index (χ4n) is 3.73. The molecular weight excluding hydrogens is 358 g/mol. The molecule has 1 amide bonds. The third kappa shape index (κ3) is 3.98. The molecule has 1 aliphatic heterocycles. The number of benzene rings is 1. The van der Waals surface area contributed by atoms with Gasteiger partial charge in [0.15, 0.2) is 5.16 Å². The molecule has 1 saturated heterocycles. The molecule has 6 nitrogen and oxygen atoms in total. The number of hydrogen-bond acceptors (Lipinski definition) is 5. The van der Waals surface area contributed by atoms with Gasteiger partial charge in [0.1, 0.15) is 5.82 Å². The van der Waals surface area contributed by atoms with Crippen molar-refractivity contribution >= 4 is 23.4 Å². The Morgan fingerprint density at radius 1 is 1.19 bits per heavy atom. The SMILES string of the molecule is Cc1cccc(N2CCN(C(=O)CSc3nnc(C4CCC4)n3C)CC2)c1. The zero-order valence-electron chi connectivity index (χ0n) is 16.1. The summed E-state index contributed by atoms with van der Waals surface area (Å²) in [6, 6.07) is 8.57. The van der Waals surface area contributed by atoms with E-state index >= 15 is 0 Å². The van der Waals surface area contributed by atoms with E-state index in [1.165, 1.54) is 42.3 Å². The second kappa shape index (κ2) is 7.92. The predicted molar refractivity (Wildman–Crippen MR) is 108 cm³/mol. The smallest absolute Gasteiger partial charge is 0.233 e. The van der Waals surface area contributed by atoms with Crippen LogP contribution in [0.3, 0.4) is 0 Å². The van der Waals surface area contributed by atoms with Crippen molar-refractivity contribution in [3.63, 3.8) is 0 Å². The molecule has 0 spiro atoms. The van der Waals surface area contributed by atoms with Gasteiger partial charge in [-0.2, -0.15) is 0 Å². The van der Waals surface area contributed by atoms with Crippen LogP contribution < -0.4 is 4.90 Å². The Morgan fingerprint density at radius 3 is 2.63 bits per heavy atom. The zero-order valence-corrected chi connectivity index (χ0v) is 16.9. The Kier molecular flexibility index (Phi) is 5.38. The van der Waals surface area contributed by atoms with Gasteiger partial charge >= 0.3 is 0 Å². The van der Waals surface area contributed by atoms with E-state index in [1.54, 1.807) is 0 Å². The molecule has 0 radical (unpaired) electrons. The topological polar surface area (TPSA) is 54.3 Å². The molecule has 27 heavy (non-hydrogen) atoms. The minimum atomic E-state index is 0.192. The van der Waals surface area contributed by atoms with Gasteiger partial charge in [0, 0.05) is 44.8 Å². The lowest BCUT2D eigenvalue weighted by Crippen LogP contribution is -2.49. The van der Waals surface area contributed by atoms with Crippen molar-refractivity contribution in [3.8, 4) is 0 Å². The summed E-state index contributed by atoms with van der Waals surface area (Å²) in [5.41, 5.74) is 2.52. The Labute approximate surface area is 164 Å². The second-order valence-electron chi connectivity index (χ2n) is 7.52. The second-order valence-corrected chi connectivity index (χ2v) is 8.47. The van der Waals surface area contributed by atoms with Crippen LogP contribution in [0.15, 0.2) is 29.4 Å². The standard InChI is InChI=1S/C20H27N5OS/c1-15-5-3-8-17(13-15)24-9-11-25(12-10-24)18(26)14-27-20-22-21-19(23(20)2)16-6-4-7-16/h3,5,8,13,16H,4,6-7,9-12,14H2,1-2H3. The van der Waals surface area contributed by atoms with Crippen LogP contribution in [0.2, 0.25) is 0 Å². The highest BCUT2D eigenvalue weighted by Crippen LogP contribution is 2.36. The monoisotopic (exact) mass is 385 g/mol. The normalized spacial score (nSPS) is 17.9. The molecule has 2 fully saturated rings. The number of anilines is 1. The summed E-state index contributed by atoms with van der Waals surface area (Å²) in [6.45, 7) is 5.44. The summed E-state index contributed by atoms with van der Waals surface area (Å²) in [5.74, 6) is 2.25. The molecule has 0 atom stereocenters. The molecule has 7 heteroatoms. The first-order valence-electron chi connectivity index (χ1n) is 9.73. The third-order valence-corrected chi connectivity index (χ3v) is 6.67. The van der Waals surface area contributed by atoms with Gasteiger partial charge in [-0.25, -0.2) is 0 Å². The largest absolute Gasteiger partial charge is 0.368 e. The van der Waals surface area contributed by atoms with E-state index in [0.29, 0.717) is 11.7 Å². The van der Waals surface area contributed by atoms with Crippen molar-refractivity contribution in [1.82, 2.24) is 19.7 Å². The van der Waals surface area contributed by atoms with Crippen molar-refractivity contribution in [2.45, 2.75) is 37.3 Å². The van der Waals surface area contributed by atoms with Crippen molar-refractivity contribution in [2.24, 2.45) is 7.05 Å². The molecule has 0 bridgehead atoms. The average Bonchev–Trinajstić information content (AvgIpc) is 2.99. The summed E-state index contributed by atoms with van der Waals surface area (Å²) in [5, 5.41) is 9.48. The van der Waals surface area contributed by atoms with Crippen LogP contribution in [0.1, 0.15) is 36.6 Å². The highest BCUT2D eigenvalue weighted by Gasteiger charge is 2.26. The number of hydrogen-bond donors (Lipinski definition) is 0. The van der Waals surface area contributed by atoms with Gasteiger partial charge in [0.2, 0.25) is 5.91 Å². The Balaban J connectivity index is 1.28. The molecule has 0 N–H and O–H groups in total. The quantitative estimate of drug-likeness (QED) is 0.741. The van der Waals surface area contributed by atoms with E-state index < -0.39 is 0 Å². The summed E-state index contributed by atoms with van der Waals surface area (Å²) < 4.78 is 2.07. The lowest BCUT2D eigenvalue weighted by molar-refractivity contribution is -0.128. The number of nitrogens with zero attached hydrogens (tertiary/aromatic N) is 5. The Bertz CT molecular complexity index is 808. The van der Waals surface area contributed by atoms with Crippen LogP contribution in [-0.2, 0) is 11.8 Å². The van der Waals surface area contributed by atoms with Gasteiger partial charge in [0.05, 0.1) is 5.75 Å². The van der Waals surface area contributed by atoms with E-state index in [4.69, 9.17) is 0 Å². The first-order valence-corrected chi connectivity index (χ1v) is 10.7. The van der Waals surface area contributed by atoms with Crippen molar-refractivity contribution in [2.75, 3.05) is 36.8 Å². The van der Waals surface area contributed by atoms with E-state index in [-0.39, 0.29) is 5.91 Å². The molecular formula is C20H27N5OS. The predicted octanol–water partition coefficient (Wildman–Crippen LogP) is 2.83. The highest BCUT2D eigenvalue weighted by molar-refractivity contribution is 7.99. The van der Waals surface area contributed by atoms with Gasteiger partial charge < -0.3 is 14.4 Å². The van der Waals surface area contributed by atoms with E-state index in [2.05, 4.69) is 50.9 Å². The molecule has 1 saturated carbocycles. The minimum absolute atomic E-state index is 0.192. The lowest BCUT2D eigenvalue weighted by atomic mass is 9.85. The Morgan fingerprint density at radius 2 is 1.96 bits per heavy atom. The van der Waals surface area contributed by atoms with E-state index in [0.717, 1.165) is 37.2 Å². The summed E-state index contributed by atoms with van der Waals surface area (Å²) in [7, 11) is 2.01. The van der Waals surface area contributed by atoms with Crippen molar-refractivity contribution in [3.05, 3.63) is 35.7 Å². The number of amides is 1. The van der Waals surface area contributed by atoms with Gasteiger partial charge in [0.25, 0.3) is 0 Å². The van der Waals surface area contributed by atoms with Gasteiger partial charge in [-0.1, -0.05) is 30.3 Å². The van der Waals surface area contributed by atoms with E-state index in [1.807, 2.05) is 11.9 Å². The first kappa shape index (κ1) is 18.3. The first-order chi connectivity index (χ1) is 13.1. The fourth-order valence-corrected chi connectivity index (χ4v) is 4.55. The van der Waals surface area contributed by atoms with Crippen molar-refractivity contribution < 1.29 is 4.79 Å². The molecule has 1 aromatic carbocycles. The molecule has 2 aliphatic rings. The number of aromatic nitrogens is 3. The molecule has 2 aromatic rings. The van der Waals surface area contributed by atoms with Gasteiger partial charge in [-0.05, 0) is 37.5 Å². The number of carbonyl (C=O) groups excluding carboxylic acids is 1. The molecule has 0 unspecified atom stereocenters. The summed E-state index contributed by atoms with van der Waals surface area (Å²) >= 11 is 1.51. The highest BCUT2D eigenvalue weighted by atomic mass is 32.2. The van der Waals surface area contributed by atoms with Crippen LogP contribution in [0.5, 0.6) is 0 Å². The maximum atomic E-state index is 12.6. The molecule has 1 aliphatic carbocycles. The van der Waals surface area contributed by atoms with E-state index in [9.17, 15) is 4.79 Å². The lowest BCUT2D eigenvalue weighted by Gasteiger charge is -2.36. The molecule has 2 heterocycles. The minimum Gasteiger partial charge on any atom is -0.368 e. The van der Waals surface area contributed by atoms with Crippen molar-refractivity contribution in [1.29, 1.82) is 0 Å². The molecule has 4 rings (SSSR count). The van der Waals surface area contributed by atoms with Crippen LogP contribution in [0.25, 0.3) is 0 Å².